The number of rotatable bonds is 6. The molecule has 2 aliphatic heterocycles. The predicted octanol–water partition coefficient (Wildman–Crippen LogP) is 3.66. The van der Waals surface area contributed by atoms with Crippen LogP contribution in [-0.2, 0) is 28.9 Å². The fraction of sp³-hybridized carbons (Fsp3) is 0.650. The predicted molar refractivity (Wildman–Crippen MR) is 105 cm³/mol. The van der Waals surface area contributed by atoms with Crippen molar-refractivity contribution < 1.29 is 27.1 Å². The minimum absolute atomic E-state index is 0.00949. The molecule has 1 N–H and O–H groups in total. The molecule has 0 aliphatic carbocycles. The number of carbonyl (C=O) groups is 1. The lowest BCUT2D eigenvalue weighted by molar-refractivity contribution is -0.0172. The third-order valence-corrected chi connectivity index (χ3v) is 7.31. The van der Waals surface area contributed by atoms with Crippen molar-refractivity contribution in [1.29, 1.82) is 0 Å². The van der Waals surface area contributed by atoms with Gasteiger partial charge in [0.15, 0.2) is 0 Å². The zero-order chi connectivity index (χ0) is 21.2. The summed E-state index contributed by atoms with van der Waals surface area (Å²) in [4.78, 5) is 12.3. The van der Waals surface area contributed by atoms with Crippen molar-refractivity contribution in [2.24, 2.45) is 5.92 Å². The summed E-state index contributed by atoms with van der Waals surface area (Å²) in [6, 6.07) is 4.56. The zero-order valence-corrected chi connectivity index (χ0v) is 17.4. The van der Waals surface area contributed by atoms with Gasteiger partial charge in [-0.15, -0.1) is 0 Å². The third-order valence-electron chi connectivity index (χ3n) is 6.06. The first kappa shape index (κ1) is 22.0. The van der Waals surface area contributed by atoms with Crippen molar-refractivity contribution >= 4 is 16.1 Å². The number of alkyl halides is 2. The van der Waals surface area contributed by atoms with E-state index in [0.29, 0.717) is 44.8 Å². The number of fused-ring (bicyclic) bond motifs is 1. The summed E-state index contributed by atoms with van der Waals surface area (Å²) in [7, 11) is -3.29. The van der Waals surface area contributed by atoms with Crippen molar-refractivity contribution in [2.45, 2.75) is 51.0 Å². The maximum Gasteiger partial charge on any atom is 0.407 e. The molecule has 1 aromatic carbocycles. The fourth-order valence-corrected chi connectivity index (χ4v) is 5.00. The minimum Gasteiger partial charge on any atom is -0.465 e. The lowest BCUT2D eigenvalue weighted by Gasteiger charge is -2.30. The quantitative estimate of drug-likeness (QED) is 0.747. The lowest BCUT2D eigenvalue weighted by atomic mass is 9.89. The van der Waals surface area contributed by atoms with Gasteiger partial charge in [0.2, 0.25) is 10.0 Å². The van der Waals surface area contributed by atoms with E-state index in [2.05, 4.69) is 0 Å². The molecule has 162 valence electrons. The monoisotopic (exact) mass is 430 g/mol. The van der Waals surface area contributed by atoms with Crippen LogP contribution < -0.4 is 0 Å². The van der Waals surface area contributed by atoms with Gasteiger partial charge in [-0.1, -0.05) is 18.6 Å². The molecule has 6 nitrogen and oxygen atoms in total. The second-order valence-corrected chi connectivity index (χ2v) is 10.1. The minimum atomic E-state index is -3.29. The second kappa shape index (κ2) is 8.55. The smallest absolute Gasteiger partial charge is 0.407 e. The van der Waals surface area contributed by atoms with Crippen molar-refractivity contribution in [3.8, 4) is 0 Å². The fourth-order valence-electron chi connectivity index (χ4n) is 4.21. The van der Waals surface area contributed by atoms with Crippen molar-refractivity contribution in [3.63, 3.8) is 0 Å². The van der Waals surface area contributed by atoms with E-state index in [-0.39, 0.29) is 18.5 Å². The highest BCUT2D eigenvalue weighted by Gasteiger charge is 2.33. The van der Waals surface area contributed by atoms with E-state index in [9.17, 15) is 22.0 Å². The average Bonchev–Trinajstić information content (AvgIpc) is 2.66. The van der Waals surface area contributed by atoms with Gasteiger partial charge in [-0.05, 0) is 48.8 Å². The van der Waals surface area contributed by atoms with E-state index in [1.54, 1.807) is 6.07 Å². The number of hydrogen-bond acceptors (Lipinski definition) is 3. The van der Waals surface area contributed by atoms with Gasteiger partial charge < -0.3 is 10.0 Å². The topological polar surface area (TPSA) is 77.9 Å². The van der Waals surface area contributed by atoms with Gasteiger partial charge in [0.25, 0.3) is 5.92 Å². The van der Waals surface area contributed by atoms with Crippen LogP contribution >= 0.6 is 0 Å². The Bertz CT molecular complexity index is 852. The molecule has 0 radical (unpaired) electrons. The van der Waals surface area contributed by atoms with Crippen molar-refractivity contribution in [3.05, 3.63) is 34.9 Å². The number of halogens is 2. The first-order valence-corrected chi connectivity index (χ1v) is 11.8. The van der Waals surface area contributed by atoms with E-state index in [1.807, 2.05) is 0 Å². The maximum absolute atomic E-state index is 14.7. The molecule has 0 spiro atoms. The highest BCUT2D eigenvalue weighted by Crippen LogP contribution is 2.36. The molecule has 3 rings (SSSR count). The standard InChI is InChI=1S/C20H28F2N2O4S/c1-29(27,28)24-12-8-16-13-18(5-4-17(16)14-24)20(21,22)9-2-3-15-6-10-23(11-7-15)19(25)26/h4-5,13,15H,2-3,6-12,14H2,1H3,(H,25,26). The molecule has 1 amide bonds. The molecule has 0 saturated carbocycles. The summed E-state index contributed by atoms with van der Waals surface area (Å²) >= 11 is 0. The average molecular weight is 431 g/mol. The van der Waals surface area contributed by atoms with Gasteiger partial charge in [-0.2, -0.15) is 4.31 Å². The Balaban J connectivity index is 1.54. The molecule has 0 unspecified atom stereocenters. The van der Waals surface area contributed by atoms with E-state index in [0.717, 1.165) is 30.2 Å². The number of benzene rings is 1. The summed E-state index contributed by atoms with van der Waals surface area (Å²) in [5.41, 5.74) is 1.57. The van der Waals surface area contributed by atoms with E-state index in [1.165, 1.54) is 21.3 Å². The van der Waals surface area contributed by atoms with Gasteiger partial charge >= 0.3 is 6.09 Å². The van der Waals surface area contributed by atoms with Crippen molar-refractivity contribution in [1.82, 2.24) is 9.21 Å². The van der Waals surface area contributed by atoms with Gasteiger partial charge in [0.1, 0.15) is 0 Å². The van der Waals surface area contributed by atoms with Crippen LogP contribution in [-0.4, -0.2) is 54.7 Å². The molecule has 2 aliphatic rings. The highest BCUT2D eigenvalue weighted by atomic mass is 32.2. The van der Waals surface area contributed by atoms with Crippen LogP contribution in [0.5, 0.6) is 0 Å². The molecule has 1 fully saturated rings. The number of sulfonamides is 1. The Kier molecular flexibility index (Phi) is 6.48. The molecule has 9 heteroatoms. The number of likely N-dealkylation sites (tertiary alicyclic amines) is 1. The lowest BCUT2D eigenvalue weighted by Crippen LogP contribution is -2.37. The summed E-state index contributed by atoms with van der Waals surface area (Å²) in [6.45, 7) is 1.50. The Morgan fingerprint density at radius 2 is 1.90 bits per heavy atom. The summed E-state index contributed by atoms with van der Waals surface area (Å²) in [5, 5.41) is 8.97. The normalized spacial score (nSPS) is 19.2. The van der Waals surface area contributed by atoms with Gasteiger partial charge in [-0.25, -0.2) is 22.0 Å². The van der Waals surface area contributed by atoms with Crippen LogP contribution in [0.3, 0.4) is 0 Å². The van der Waals surface area contributed by atoms with E-state index >= 15 is 0 Å². The molecule has 2 heterocycles. The molecule has 0 atom stereocenters. The molecule has 1 aromatic rings. The Hall–Kier alpha value is -1.74. The maximum atomic E-state index is 14.7. The van der Waals surface area contributed by atoms with Gasteiger partial charge in [-0.3, -0.25) is 0 Å². The van der Waals surface area contributed by atoms with Crippen molar-refractivity contribution in [2.75, 3.05) is 25.9 Å². The molecular formula is C20H28F2N2O4S. The summed E-state index contributed by atoms with van der Waals surface area (Å²) in [6.07, 6.45) is 2.98. The van der Waals surface area contributed by atoms with Crippen LogP contribution in [0.25, 0.3) is 0 Å². The Morgan fingerprint density at radius 3 is 2.52 bits per heavy atom. The number of nitrogens with zero attached hydrogens (tertiary/aromatic N) is 2. The van der Waals surface area contributed by atoms with Gasteiger partial charge in [0, 0.05) is 38.2 Å². The number of carboxylic acid groups (broad SMARTS) is 1. The highest BCUT2D eigenvalue weighted by molar-refractivity contribution is 7.88. The summed E-state index contributed by atoms with van der Waals surface area (Å²) < 4.78 is 54.2. The van der Waals surface area contributed by atoms with Crippen LogP contribution in [0.2, 0.25) is 0 Å². The van der Waals surface area contributed by atoms with Crippen LogP contribution in [0.15, 0.2) is 18.2 Å². The second-order valence-electron chi connectivity index (χ2n) is 8.14. The molecule has 0 bridgehead atoms. The van der Waals surface area contributed by atoms with E-state index in [4.69, 9.17) is 5.11 Å². The van der Waals surface area contributed by atoms with Crippen LogP contribution in [0, 0.1) is 5.92 Å². The summed E-state index contributed by atoms with van der Waals surface area (Å²) in [5.74, 6) is -2.63. The molecule has 1 saturated heterocycles. The first-order valence-electron chi connectivity index (χ1n) is 9.99. The Labute approximate surface area is 170 Å². The molecular weight excluding hydrogens is 402 g/mol. The number of amides is 1. The largest absolute Gasteiger partial charge is 0.465 e. The van der Waals surface area contributed by atoms with Gasteiger partial charge in [0.05, 0.1) is 6.26 Å². The Morgan fingerprint density at radius 1 is 1.21 bits per heavy atom. The van der Waals surface area contributed by atoms with E-state index < -0.39 is 22.0 Å². The molecule has 29 heavy (non-hydrogen) atoms. The molecule has 0 aromatic heterocycles. The van der Waals surface area contributed by atoms with Crippen LogP contribution in [0.1, 0.15) is 48.8 Å². The third kappa shape index (κ3) is 5.45. The SMILES string of the molecule is CS(=O)(=O)N1CCc2cc(C(F)(F)CCCC3CCN(C(=O)O)CC3)ccc2C1. The number of piperidine rings is 1. The zero-order valence-electron chi connectivity index (χ0n) is 16.6. The number of hydrogen-bond donors (Lipinski definition) is 1. The first-order chi connectivity index (χ1) is 13.6. The van der Waals surface area contributed by atoms with Crippen LogP contribution in [0.4, 0.5) is 13.6 Å².